The average molecular weight is 412 g/mol. The predicted molar refractivity (Wildman–Crippen MR) is 111 cm³/mol. The fourth-order valence-electron chi connectivity index (χ4n) is 5.14. The molecule has 0 saturated carbocycles. The van der Waals surface area contributed by atoms with Crippen LogP contribution >= 0.6 is 0 Å². The molecule has 8 nitrogen and oxygen atoms in total. The number of hydrogen-bond acceptors (Lipinski definition) is 6. The molecular formula is C22H29N5O3. The van der Waals surface area contributed by atoms with Crippen LogP contribution in [0.3, 0.4) is 0 Å². The zero-order chi connectivity index (χ0) is 20.7. The van der Waals surface area contributed by atoms with Crippen LogP contribution in [0.2, 0.25) is 0 Å². The van der Waals surface area contributed by atoms with Gasteiger partial charge in [-0.15, -0.1) is 0 Å². The topological polar surface area (TPSA) is 85.0 Å². The Labute approximate surface area is 176 Å². The van der Waals surface area contributed by atoms with Gasteiger partial charge in [0.05, 0.1) is 0 Å². The summed E-state index contributed by atoms with van der Waals surface area (Å²) in [5.41, 5.74) is 2.82. The van der Waals surface area contributed by atoms with E-state index >= 15 is 0 Å². The number of fused-ring (bicyclic) bond motifs is 1. The summed E-state index contributed by atoms with van der Waals surface area (Å²) in [7, 11) is 0. The number of rotatable bonds is 5. The number of imide groups is 1. The smallest absolute Gasteiger partial charge is 0.255 e. The van der Waals surface area contributed by atoms with E-state index in [2.05, 4.69) is 26.5 Å². The molecule has 160 valence electrons. The zero-order valence-electron chi connectivity index (χ0n) is 17.2. The molecule has 2 N–H and O–H groups in total. The molecule has 3 fully saturated rings. The summed E-state index contributed by atoms with van der Waals surface area (Å²) in [6.07, 6.45) is 0.686. The number of carbonyl (C=O) groups excluding carboxylic acids is 3. The molecule has 1 aromatic rings. The summed E-state index contributed by atoms with van der Waals surface area (Å²) in [6.45, 7) is 9.18. The van der Waals surface area contributed by atoms with Gasteiger partial charge in [-0.05, 0) is 29.5 Å². The molecule has 3 amide bonds. The Hall–Kier alpha value is -2.29. The average Bonchev–Trinajstić information content (AvgIpc) is 3.03. The maximum absolute atomic E-state index is 13.0. The minimum atomic E-state index is -0.549. The lowest BCUT2D eigenvalue weighted by atomic mass is 9.97. The van der Waals surface area contributed by atoms with E-state index in [1.165, 1.54) is 6.54 Å². The molecule has 5 rings (SSSR count). The Morgan fingerprint density at radius 3 is 2.60 bits per heavy atom. The monoisotopic (exact) mass is 411 g/mol. The highest BCUT2D eigenvalue weighted by Gasteiger charge is 2.39. The van der Waals surface area contributed by atoms with Crippen LogP contribution in [-0.4, -0.2) is 84.3 Å². The van der Waals surface area contributed by atoms with Crippen LogP contribution < -0.4 is 10.6 Å². The maximum Gasteiger partial charge on any atom is 0.255 e. The van der Waals surface area contributed by atoms with Crippen molar-refractivity contribution in [3.05, 3.63) is 34.9 Å². The number of nitrogens with one attached hydrogen (secondary N) is 2. The zero-order valence-corrected chi connectivity index (χ0v) is 17.2. The van der Waals surface area contributed by atoms with E-state index in [1.807, 2.05) is 12.1 Å². The van der Waals surface area contributed by atoms with Gasteiger partial charge in [0.2, 0.25) is 11.8 Å². The minimum Gasteiger partial charge on any atom is -0.322 e. The second-order valence-electron chi connectivity index (χ2n) is 9.00. The van der Waals surface area contributed by atoms with Gasteiger partial charge in [0.1, 0.15) is 6.04 Å². The first-order valence-electron chi connectivity index (χ1n) is 11.0. The second-order valence-corrected chi connectivity index (χ2v) is 9.00. The lowest BCUT2D eigenvalue weighted by Crippen LogP contribution is -2.53. The molecule has 30 heavy (non-hydrogen) atoms. The number of hydrogen-bond donors (Lipinski definition) is 2. The van der Waals surface area contributed by atoms with Gasteiger partial charge in [-0.2, -0.15) is 0 Å². The molecule has 0 spiro atoms. The van der Waals surface area contributed by atoms with Gasteiger partial charge in [-0.1, -0.05) is 12.1 Å². The van der Waals surface area contributed by atoms with Gasteiger partial charge in [-0.25, -0.2) is 0 Å². The summed E-state index contributed by atoms with van der Waals surface area (Å²) in [6, 6.07) is 5.57. The summed E-state index contributed by atoms with van der Waals surface area (Å²) in [5, 5.41) is 5.75. The molecule has 4 heterocycles. The number of piperazine rings is 1. The molecule has 1 unspecified atom stereocenters. The summed E-state index contributed by atoms with van der Waals surface area (Å²) in [5.74, 6) is 0.0277. The summed E-state index contributed by atoms with van der Waals surface area (Å²) < 4.78 is 0. The third kappa shape index (κ3) is 3.87. The number of likely N-dealkylation sites (tertiary alicyclic amines) is 1. The Kier molecular flexibility index (Phi) is 5.30. The van der Waals surface area contributed by atoms with Crippen molar-refractivity contribution in [3.63, 3.8) is 0 Å². The number of amides is 3. The fraction of sp³-hybridized carbons (Fsp3) is 0.591. The van der Waals surface area contributed by atoms with Crippen molar-refractivity contribution < 1.29 is 14.4 Å². The van der Waals surface area contributed by atoms with Crippen molar-refractivity contribution in [1.29, 1.82) is 0 Å². The molecule has 0 aliphatic carbocycles. The molecule has 8 heteroatoms. The molecule has 1 aromatic carbocycles. The van der Waals surface area contributed by atoms with Crippen molar-refractivity contribution in [2.45, 2.75) is 32.0 Å². The van der Waals surface area contributed by atoms with Gasteiger partial charge < -0.3 is 15.1 Å². The number of piperidine rings is 1. The van der Waals surface area contributed by atoms with E-state index in [9.17, 15) is 14.4 Å². The molecule has 0 bridgehead atoms. The highest BCUT2D eigenvalue weighted by Crippen LogP contribution is 2.29. The van der Waals surface area contributed by atoms with E-state index in [0.29, 0.717) is 18.5 Å². The van der Waals surface area contributed by atoms with Crippen LogP contribution in [-0.2, 0) is 22.7 Å². The van der Waals surface area contributed by atoms with Gasteiger partial charge in [-0.3, -0.25) is 24.6 Å². The highest BCUT2D eigenvalue weighted by atomic mass is 16.2. The van der Waals surface area contributed by atoms with Crippen LogP contribution in [0, 0.1) is 5.92 Å². The van der Waals surface area contributed by atoms with Crippen LogP contribution in [0.15, 0.2) is 18.2 Å². The van der Waals surface area contributed by atoms with Crippen molar-refractivity contribution in [1.82, 2.24) is 25.3 Å². The van der Waals surface area contributed by atoms with E-state index in [0.717, 1.165) is 62.9 Å². The molecule has 1 atom stereocenters. The number of carbonyl (C=O) groups is 3. The maximum atomic E-state index is 13.0. The second kappa shape index (κ2) is 8.09. The largest absolute Gasteiger partial charge is 0.322 e. The van der Waals surface area contributed by atoms with E-state index < -0.39 is 6.04 Å². The molecule has 0 aromatic heterocycles. The van der Waals surface area contributed by atoms with Crippen LogP contribution in [0.4, 0.5) is 0 Å². The normalized spacial score (nSPS) is 25.9. The van der Waals surface area contributed by atoms with E-state index in [1.54, 1.807) is 4.90 Å². The summed E-state index contributed by atoms with van der Waals surface area (Å²) >= 11 is 0. The molecule has 4 aliphatic rings. The molecule has 4 aliphatic heterocycles. The lowest BCUT2D eigenvalue weighted by molar-refractivity contribution is -0.136. The first kappa shape index (κ1) is 19.7. The van der Waals surface area contributed by atoms with Crippen LogP contribution in [0.25, 0.3) is 0 Å². The first-order valence-corrected chi connectivity index (χ1v) is 11.0. The highest BCUT2D eigenvalue weighted by molar-refractivity contribution is 6.05. The van der Waals surface area contributed by atoms with Gasteiger partial charge in [0.25, 0.3) is 5.91 Å². The third-order valence-corrected chi connectivity index (χ3v) is 6.76. The van der Waals surface area contributed by atoms with Gasteiger partial charge in [0.15, 0.2) is 0 Å². The van der Waals surface area contributed by atoms with Crippen molar-refractivity contribution in [2.24, 2.45) is 5.92 Å². The molecular weight excluding hydrogens is 382 g/mol. The number of benzene rings is 1. The van der Waals surface area contributed by atoms with Crippen molar-refractivity contribution in [2.75, 3.05) is 45.8 Å². The molecule has 0 radical (unpaired) electrons. The van der Waals surface area contributed by atoms with E-state index in [-0.39, 0.29) is 24.1 Å². The van der Waals surface area contributed by atoms with Gasteiger partial charge >= 0.3 is 0 Å². The lowest BCUT2D eigenvalue weighted by Gasteiger charge is -2.42. The quantitative estimate of drug-likeness (QED) is 0.652. The third-order valence-electron chi connectivity index (χ3n) is 6.76. The van der Waals surface area contributed by atoms with Gasteiger partial charge in [0, 0.05) is 70.9 Å². The number of nitrogens with zero attached hydrogens (tertiary/aromatic N) is 3. The SMILES string of the molecule is O=C1CCC(N2Cc3ccc(CN4CC(CN5CCNCC5)C4)cc3C2=O)C(=O)N1. The Morgan fingerprint density at radius 2 is 1.83 bits per heavy atom. The Balaban J connectivity index is 1.17. The van der Waals surface area contributed by atoms with Crippen LogP contribution in [0.1, 0.15) is 34.3 Å². The minimum absolute atomic E-state index is 0.0958. The Morgan fingerprint density at radius 1 is 1.03 bits per heavy atom. The summed E-state index contributed by atoms with van der Waals surface area (Å²) in [4.78, 5) is 43.1. The Bertz CT molecular complexity index is 860. The van der Waals surface area contributed by atoms with Crippen molar-refractivity contribution in [3.8, 4) is 0 Å². The standard InChI is InChI=1S/C22H29N5O3/c28-20-4-3-19(21(29)24-20)27-14-17-2-1-15(9-18(17)22(27)30)10-26-12-16(13-26)11-25-7-5-23-6-8-25/h1-2,9,16,19,23H,3-8,10-14H2,(H,24,28,29). The van der Waals surface area contributed by atoms with E-state index in [4.69, 9.17) is 0 Å². The predicted octanol–water partition coefficient (Wildman–Crippen LogP) is -0.215. The molecule has 3 saturated heterocycles. The first-order chi connectivity index (χ1) is 14.6. The van der Waals surface area contributed by atoms with Crippen molar-refractivity contribution >= 4 is 17.7 Å². The van der Waals surface area contributed by atoms with Crippen LogP contribution in [0.5, 0.6) is 0 Å². The fourth-order valence-corrected chi connectivity index (χ4v) is 5.14.